The van der Waals surface area contributed by atoms with Gasteiger partial charge in [-0.15, -0.1) is 0 Å². The molecule has 110 valence electrons. The number of likely N-dealkylation sites (tertiary alicyclic amines) is 1. The van der Waals surface area contributed by atoms with Gasteiger partial charge in [0.2, 0.25) is 5.91 Å². The average Bonchev–Trinajstić information content (AvgIpc) is 2.92. The third-order valence-electron chi connectivity index (χ3n) is 3.57. The monoisotopic (exact) mass is 298 g/mol. The van der Waals surface area contributed by atoms with Crippen LogP contribution in [0.1, 0.15) is 24.8 Å². The molecule has 0 aromatic heterocycles. The summed E-state index contributed by atoms with van der Waals surface area (Å²) in [5.74, 6) is -0.608. The van der Waals surface area contributed by atoms with Crippen LogP contribution < -0.4 is 5.32 Å². The van der Waals surface area contributed by atoms with Crippen LogP contribution in [0.3, 0.4) is 0 Å². The van der Waals surface area contributed by atoms with Crippen LogP contribution in [-0.4, -0.2) is 37.0 Å². The molecule has 5 heteroatoms. The highest BCUT2D eigenvalue weighted by atomic mass is 35.5. The Balaban J connectivity index is 1.69. The molecule has 1 aromatic carbocycles. The Morgan fingerprint density at radius 1 is 1.35 bits per heavy atom. The van der Waals surface area contributed by atoms with E-state index in [-0.39, 0.29) is 17.9 Å². The van der Waals surface area contributed by atoms with Gasteiger partial charge in [0.25, 0.3) is 0 Å². The van der Waals surface area contributed by atoms with Crippen molar-refractivity contribution in [3.8, 4) is 0 Å². The second-order valence-electron chi connectivity index (χ2n) is 5.13. The van der Waals surface area contributed by atoms with Crippen LogP contribution in [0.2, 0.25) is 5.02 Å². The molecular weight excluding hydrogens is 279 g/mol. The molecule has 3 nitrogen and oxygen atoms in total. The lowest BCUT2D eigenvalue weighted by atomic mass is 10.1. The average molecular weight is 299 g/mol. The summed E-state index contributed by atoms with van der Waals surface area (Å²) in [6.07, 6.45) is 3.47. The van der Waals surface area contributed by atoms with Crippen LogP contribution in [0.25, 0.3) is 0 Å². The molecule has 1 aromatic rings. The van der Waals surface area contributed by atoms with Crippen molar-refractivity contribution in [3.63, 3.8) is 0 Å². The fourth-order valence-corrected chi connectivity index (χ4v) is 2.69. The summed E-state index contributed by atoms with van der Waals surface area (Å²) < 4.78 is 13.5. The second-order valence-corrected chi connectivity index (χ2v) is 5.54. The number of benzene rings is 1. The van der Waals surface area contributed by atoms with E-state index in [2.05, 4.69) is 10.2 Å². The van der Waals surface area contributed by atoms with Gasteiger partial charge >= 0.3 is 0 Å². The second kappa shape index (κ2) is 7.60. The minimum atomic E-state index is -0.426. The van der Waals surface area contributed by atoms with Crippen molar-refractivity contribution in [2.24, 2.45) is 0 Å². The molecule has 1 saturated heterocycles. The summed E-state index contributed by atoms with van der Waals surface area (Å²) >= 11 is 5.89. The van der Waals surface area contributed by atoms with Gasteiger partial charge in [0.05, 0.1) is 6.42 Å². The molecule has 0 radical (unpaired) electrons. The van der Waals surface area contributed by atoms with E-state index in [0.717, 1.165) is 13.0 Å². The molecule has 1 N–H and O–H groups in total. The predicted octanol–water partition coefficient (Wildman–Crippen LogP) is 2.62. The molecule has 20 heavy (non-hydrogen) atoms. The molecule has 0 saturated carbocycles. The highest BCUT2D eigenvalue weighted by Gasteiger charge is 2.12. The van der Waals surface area contributed by atoms with Crippen molar-refractivity contribution in [3.05, 3.63) is 34.6 Å². The number of amides is 1. The van der Waals surface area contributed by atoms with Gasteiger partial charge in [-0.3, -0.25) is 4.79 Å². The fraction of sp³-hybridized carbons (Fsp3) is 0.533. The van der Waals surface area contributed by atoms with Crippen LogP contribution in [0.15, 0.2) is 18.2 Å². The number of hydrogen-bond donors (Lipinski definition) is 1. The summed E-state index contributed by atoms with van der Waals surface area (Å²) in [7, 11) is 0. The van der Waals surface area contributed by atoms with E-state index in [0.29, 0.717) is 11.6 Å². The van der Waals surface area contributed by atoms with Crippen molar-refractivity contribution in [2.45, 2.75) is 25.7 Å². The molecule has 1 aliphatic heterocycles. The maximum atomic E-state index is 13.5. The van der Waals surface area contributed by atoms with Gasteiger partial charge < -0.3 is 10.2 Å². The molecule has 0 aliphatic carbocycles. The third-order valence-corrected chi connectivity index (χ3v) is 3.93. The minimum Gasteiger partial charge on any atom is -0.356 e. The van der Waals surface area contributed by atoms with Crippen LogP contribution in [0, 0.1) is 5.82 Å². The van der Waals surface area contributed by atoms with Crippen molar-refractivity contribution < 1.29 is 9.18 Å². The highest BCUT2D eigenvalue weighted by Crippen LogP contribution is 2.19. The van der Waals surface area contributed by atoms with E-state index < -0.39 is 5.82 Å². The summed E-state index contributed by atoms with van der Waals surface area (Å²) in [6, 6.07) is 4.46. The lowest BCUT2D eigenvalue weighted by Crippen LogP contribution is -2.29. The third kappa shape index (κ3) is 4.46. The van der Waals surface area contributed by atoms with Crippen LogP contribution in [0.5, 0.6) is 0 Å². The maximum Gasteiger partial charge on any atom is 0.224 e. The van der Waals surface area contributed by atoms with Gasteiger partial charge in [-0.2, -0.15) is 0 Å². The molecule has 1 aliphatic rings. The quantitative estimate of drug-likeness (QED) is 0.819. The number of halogens is 2. The van der Waals surface area contributed by atoms with E-state index in [1.807, 2.05) is 0 Å². The first kappa shape index (κ1) is 15.3. The number of rotatable bonds is 6. The summed E-state index contributed by atoms with van der Waals surface area (Å²) in [6.45, 7) is 3.97. The van der Waals surface area contributed by atoms with Crippen LogP contribution in [0.4, 0.5) is 4.39 Å². The van der Waals surface area contributed by atoms with Crippen molar-refractivity contribution in [1.82, 2.24) is 10.2 Å². The lowest BCUT2D eigenvalue weighted by Gasteiger charge is -2.14. The highest BCUT2D eigenvalue weighted by molar-refractivity contribution is 6.31. The van der Waals surface area contributed by atoms with Crippen molar-refractivity contribution in [1.29, 1.82) is 0 Å². The first-order chi connectivity index (χ1) is 9.66. The Bertz CT molecular complexity index is 441. The number of nitrogens with zero attached hydrogens (tertiary/aromatic N) is 1. The normalized spacial score (nSPS) is 15.5. The molecule has 2 rings (SSSR count). The molecule has 0 unspecified atom stereocenters. The molecule has 0 atom stereocenters. The van der Waals surface area contributed by atoms with Gasteiger partial charge in [-0.05, 0) is 51.0 Å². The Morgan fingerprint density at radius 3 is 2.80 bits per heavy atom. The van der Waals surface area contributed by atoms with Gasteiger partial charge in [-0.1, -0.05) is 17.7 Å². The number of carbonyl (C=O) groups is 1. The zero-order chi connectivity index (χ0) is 14.4. The van der Waals surface area contributed by atoms with E-state index in [1.165, 1.54) is 38.1 Å². The van der Waals surface area contributed by atoms with Gasteiger partial charge in [0, 0.05) is 17.1 Å². The fourth-order valence-electron chi connectivity index (χ4n) is 2.46. The van der Waals surface area contributed by atoms with Gasteiger partial charge in [0.15, 0.2) is 0 Å². The van der Waals surface area contributed by atoms with Gasteiger partial charge in [0.1, 0.15) is 5.82 Å². The van der Waals surface area contributed by atoms with E-state index >= 15 is 0 Å². The first-order valence-electron chi connectivity index (χ1n) is 7.09. The topological polar surface area (TPSA) is 32.3 Å². The Hall–Kier alpha value is -1.13. The SMILES string of the molecule is O=C(Cc1c(F)cccc1Cl)NCCCN1CCCC1. The van der Waals surface area contributed by atoms with Crippen molar-refractivity contribution in [2.75, 3.05) is 26.2 Å². The van der Waals surface area contributed by atoms with Crippen LogP contribution >= 0.6 is 11.6 Å². The largest absolute Gasteiger partial charge is 0.356 e. The standard InChI is InChI=1S/C15H20ClFN2O/c16-13-5-3-6-14(17)12(13)11-15(20)18-7-4-10-19-8-1-2-9-19/h3,5-6H,1-2,4,7-11H2,(H,18,20). The smallest absolute Gasteiger partial charge is 0.224 e. The first-order valence-corrected chi connectivity index (χ1v) is 7.46. The van der Waals surface area contributed by atoms with Gasteiger partial charge in [-0.25, -0.2) is 4.39 Å². The molecular formula is C15H20ClFN2O. The Kier molecular flexibility index (Phi) is 5.80. The maximum absolute atomic E-state index is 13.5. The molecule has 1 amide bonds. The molecule has 0 bridgehead atoms. The summed E-state index contributed by atoms with van der Waals surface area (Å²) in [5, 5.41) is 3.12. The Labute approximate surface area is 124 Å². The van der Waals surface area contributed by atoms with Crippen LogP contribution in [-0.2, 0) is 11.2 Å². The number of nitrogens with one attached hydrogen (secondary N) is 1. The molecule has 0 spiro atoms. The zero-order valence-electron chi connectivity index (χ0n) is 11.5. The predicted molar refractivity (Wildman–Crippen MR) is 78.4 cm³/mol. The minimum absolute atomic E-state index is 0.00474. The zero-order valence-corrected chi connectivity index (χ0v) is 12.3. The van der Waals surface area contributed by atoms with Crippen molar-refractivity contribution >= 4 is 17.5 Å². The number of carbonyl (C=O) groups excluding carboxylic acids is 1. The summed E-state index contributed by atoms with van der Waals surface area (Å²) in [5.41, 5.74) is 0.270. The molecule has 1 fully saturated rings. The lowest BCUT2D eigenvalue weighted by molar-refractivity contribution is -0.120. The van der Waals surface area contributed by atoms with E-state index in [4.69, 9.17) is 11.6 Å². The molecule has 1 heterocycles. The van der Waals surface area contributed by atoms with E-state index in [9.17, 15) is 9.18 Å². The number of hydrogen-bond acceptors (Lipinski definition) is 2. The summed E-state index contributed by atoms with van der Waals surface area (Å²) in [4.78, 5) is 14.2. The Morgan fingerprint density at radius 2 is 2.10 bits per heavy atom. The van der Waals surface area contributed by atoms with E-state index in [1.54, 1.807) is 6.07 Å².